The summed E-state index contributed by atoms with van der Waals surface area (Å²) in [5.74, 6) is -1.34. The van der Waals surface area contributed by atoms with Gasteiger partial charge in [-0.2, -0.15) is 13.2 Å². The van der Waals surface area contributed by atoms with Gasteiger partial charge in [-0.05, 0) is 18.9 Å². The molecular formula is C17H21F3N4OS. The van der Waals surface area contributed by atoms with Crippen molar-refractivity contribution in [1.29, 1.82) is 0 Å². The van der Waals surface area contributed by atoms with Gasteiger partial charge in [-0.1, -0.05) is 55.4 Å². The quantitative estimate of drug-likeness (QED) is 0.732. The molecule has 5 nitrogen and oxygen atoms in total. The number of halogens is 3. The highest BCUT2D eigenvalue weighted by Crippen LogP contribution is 2.31. The predicted molar refractivity (Wildman–Crippen MR) is 93.6 cm³/mol. The molecule has 0 bridgehead atoms. The van der Waals surface area contributed by atoms with Crippen molar-refractivity contribution in [3.63, 3.8) is 0 Å². The van der Waals surface area contributed by atoms with Gasteiger partial charge in [0.05, 0.1) is 11.3 Å². The number of amides is 1. The Balaban J connectivity index is 2.06. The Morgan fingerprint density at radius 1 is 1.27 bits per heavy atom. The SMILES string of the molecule is CCC[C@@H](NC(=O)[C@@H](C)Sc1nnc(C(F)(F)F)n1C)c1ccccc1. The number of benzene rings is 1. The Hall–Kier alpha value is -2.03. The maximum Gasteiger partial charge on any atom is 0.451 e. The van der Waals surface area contributed by atoms with E-state index < -0.39 is 17.3 Å². The lowest BCUT2D eigenvalue weighted by molar-refractivity contribution is -0.147. The number of hydrogen-bond donors (Lipinski definition) is 1. The zero-order valence-corrected chi connectivity index (χ0v) is 15.6. The van der Waals surface area contributed by atoms with Crippen LogP contribution in [-0.2, 0) is 18.0 Å². The van der Waals surface area contributed by atoms with Crippen molar-refractivity contribution in [2.24, 2.45) is 7.05 Å². The van der Waals surface area contributed by atoms with Crippen LogP contribution in [-0.4, -0.2) is 25.9 Å². The van der Waals surface area contributed by atoms with E-state index in [1.165, 1.54) is 7.05 Å². The lowest BCUT2D eigenvalue weighted by atomic mass is 10.0. The molecule has 26 heavy (non-hydrogen) atoms. The number of nitrogens with zero attached hydrogens (tertiary/aromatic N) is 3. The van der Waals surface area contributed by atoms with Gasteiger partial charge in [-0.15, -0.1) is 10.2 Å². The lowest BCUT2D eigenvalue weighted by Gasteiger charge is -2.21. The second-order valence-electron chi connectivity index (χ2n) is 5.88. The number of carbonyl (C=O) groups excluding carboxylic acids is 1. The van der Waals surface area contributed by atoms with Crippen LogP contribution in [0, 0.1) is 0 Å². The molecule has 2 aromatic rings. The molecule has 0 aliphatic heterocycles. The van der Waals surface area contributed by atoms with E-state index in [1.54, 1.807) is 6.92 Å². The van der Waals surface area contributed by atoms with Crippen LogP contribution in [0.1, 0.15) is 44.1 Å². The molecule has 0 saturated carbocycles. The molecule has 0 aliphatic rings. The molecular weight excluding hydrogens is 365 g/mol. The third-order valence-corrected chi connectivity index (χ3v) is 4.97. The first kappa shape index (κ1) is 20.3. The number of rotatable bonds is 7. The first-order chi connectivity index (χ1) is 12.2. The first-order valence-electron chi connectivity index (χ1n) is 8.22. The first-order valence-corrected chi connectivity index (χ1v) is 9.10. The highest BCUT2D eigenvalue weighted by Gasteiger charge is 2.38. The Kier molecular flexibility index (Phi) is 6.69. The summed E-state index contributed by atoms with van der Waals surface area (Å²) in [7, 11) is 1.24. The van der Waals surface area contributed by atoms with Crippen LogP contribution in [0.15, 0.2) is 35.5 Å². The summed E-state index contributed by atoms with van der Waals surface area (Å²) in [5.41, 5.74) is 0.998. The van der Waals surface area contributed by atoms with E-state index >= 15 is 0 Å². The standard InChI is InChI=1S/C17H21F3N4OS/c1-4-8-13(12-9-6-5-7-10-12)21-14(25)11(2)26-16-23-22-15(24(16)3)17(18,19)20/h5-7,9-11,13H,4,8H2,1-3H3,(H,21,25)/t11-,13-/m1/s1. The Bertz CT molecular complexity index is 733. The predicted octanol–water partition coefficient (Wildman–Crippen LogP) is 3.97. The molecule has 1 N–H and O–H groups in total. The lowest BCUT2D eigenvalue weighted by Crippen LogP contribution is -2.34. The number of alkyl halides is 3. The zero-order valence-electron chi connectivity index (χ0n) is 14.7. The molecule has 1 aromatic carbocycles. The highest BCUT2D eigenvalue weighted by atomic mass is 32.2. The van der Waals surface area contributed by atoms with E-state index in [1.807, 2.05) is 37.3 Å². The minimum atomic E-state index is -4.58. The van der Waals surface area contributed by atoms with Crippen molar-refractivity contribution in [1.82, 2.24) is 20.1 Å². The third kappa shape index (κ3) is 5.00. The second kappa shape index (κ2) is 8.57. The van der Waals surface area contributed by atoms with E-state index in [2.05, 4.69) is 15.5 Å². The van der Waals surface area contributed by atoms with Gasteiger partial charge in [0, 0.05) is 7.05 Å². The van der Waals surface area contributed by atoms with E-state index in [0.29, 0.717) is 0 Å². The molecule has 1 amide bonds. The molecule has 0 radical (unpaired) electrons. The van der Waals surface area contributed by atoms with Crippen molar-refractivity contribution in [3.8, 4) is 0 Å². The second-order valence-corrected chi connectivity index (χ2v) is 7.19. The van der Waals surface area contributed by atoms with Crippen LogP contribution in [0.5, 0.6) is 0 Å². The smallest absolute Gasteiger partial charge is 0.348 e. The van der Waals surface area contributed by atoms with Crippen molar-refractivity contribution in [3.05, 3.63) is 41.7 Å². The third-order valence-electron chi connectivity index (χ3n) is 3.84. The summed E-state index contributed by atoms with van der Waals surface area (Å²) >= 11 is 0.948. The number of thioether (sulfide) groups is 1. The number of carbonyl (C=O) groups is 1. The number of nitrogens with one attached hydrogen (secondary N) is 1. The van der Waals surface area contributed by atoms with Crippen molar-refractivity contribution in [2.75, 3.05) is 0 Å². The summed E-state index contributed by atoms with van der Waals surface area (Å²) < 4.78 is 39.2. The van der Waals surface area contributed by atoms with Gasteiger partial charge in [-0.3, -0.25) is 4.79 Å². The molecule has 0 spiro atoms. The number of hydrogen-bond acceptors (Lipinski definition) is 4. The molecule has 2 rings (SSSR count). The van der Waals surface area contributed by atoms with Crippen molar-refractivity contribution in [2.45, 2.75) is 49.3 Å². The fraction of sp³-hybridized carbons (Fsp3) is 0.471. The van der Waals surface area contributed by atoms with Gasteiger partial charge in [0.25, 0.3) is 0 Å². The summed E-state index contributed by atoms with van der Waals surface area (Å²) in [6.07, 6.45) is -2.92. The maximum atomic E-state index is 12.8. The van der Waals surface area contributed by atoms with Crippen LogP contribution < -0.4 is 5.32 Å². The van der Waals surface area contributed by atoms with Crippen molar-refractivity contribution >= 4 is 17.7 Å². The monoisotopic (exact) mass is 386 g/mol. The zero-order chi connectivity index (χ0) is 19.3. The summed E-state index contributed by atoms with van der Waals surface area (Å²) in [4.78, 5) is 12.5. The van der Waals surface area contributed by atoms with Gasteiger partial charge in [0.15, 0.2) is 5.16 Å². The largest absolute Gasteiger partial charge is 0.451 e. The Morgan fingerprint density at radius 2 is 1.92 bits per heavy atom. The minimum Gasteiger partial charge on any atom is -0.348 e. The Labute approximate surface area is 154 Å². The molecule has 0 aliphatic carbocycles. The molecule has 142 valence electrons. The van der Waals surface area contributed by atoms with Crippen LogP contribution in [0.4, 0.5) is 13.2 Å². The average molecular weight is 386 g/mol. The van der Waals surface area contributed by atoms with Gasteiger partial charge < -0.3 is 9.88 Å². The maximum absolute atomic E-state index is 12.8. The van der Waals surface area contributed by atoms with Crippen molar-refractivity contribution < 1.29 is 18.0 Å². The molecule has 0 fully saturated rings. The van der Waals surface area contributed by atoms with Gasteiger partial charge >= 0.3 is 6.18 Å². The normalized spacial score (nSPS) is 14.1. The van der Waals surface area contributed by atoms with Crippen LogP contribution in [0.3, 0.4) is 0 Å². The molecule has 9 heteroatoms. The topological polar surface area (TPSA) is 59.8 Å². The summed E-state index contributed by atoms with van der Waals surface area (Å²) in [5, 5.41) is 9.14. The van der Waals surface area contributed by atoms with Gasteiger partial charge in [0.2, 0.25) is 11.7 Å². The summed E-state index contributed by atoms with van der Waals surface area (Å²) in [6, 6.07) is 9.45. The molecule has 2 atom stereocenters. The summed E-state index contributed by atoms with van der Waals surface area (Å²) in [6.45, 7) is 3.66. The van der Waals surface area contributed by atoms with Crippen LogP contribution >= 0.6 is 11.8 Å². The van der Waals surface area contributed by atoms with Gasteiger partial charge in [-0.25, -0.2) is 0 Å². The molecule has 1 heterocycles. The molecule has 0 unspecified atom stereocenters. The molecule has 0 saturated heterocycles. The van der Waals surface area contributed by atoms with E-state index in [-0.39, 0.29) is 17.1 Å². The van der Waals surface area contributed by atoms with Gasteiger partial charge in [0.1, 0.15) is 0 Å². The van der Waals surface area contributed by atoms with E-state index in [0.717, 1.165) is 34.7 Å². The minimum absolute atomic E-state index is 0.0479. The van der Waals surface area contributed by atoms with E-state index in [9.17, 15) is 18.0 Å². The molecule has 1 aromatic heterocycles. The fourth-order valence-electron chi connectivity index (χ4n) is 2.46. The highest BCUT2D eigenvalue weighted by molar-refractivity contribution is 8.00. The van der Waals surface area contributed by atoms with E-state index in [4.69, 9.17) is 0 Å². The fourth-order valence-corrected chi connectivity index (χ4v) is 3.29. The number of aromatic nitrogens is 3. The average Bonchev–Trinajstić information content (AvgIpc) is 2.96. The Morgan fingerprint density at radius 3 is 2.46 bits per heavy atom. The van der Waals surface area contributed by atoms with Crippen LogP contribution in [0.25, 0.3) is 0 Å². The van der Waals surface area contributed by atoms with Crippen LogP contribution in [0.2, 0.25) is 0 Å².